The topological polar surface area (TPSA) is 79.8 Å². The number of hydrogen-bond donors (Lipinski definition) is 0. The number of hydrogen-bond acceptors (Lipinski definition) is 7. The van der Waals surface area contributed by atoms with Crippen LogP contribution in [0, 0.1) is 0 Å². The van der Waals surface area contributed by atoms with Crippen LogP contribution < -0.4 is 9.47 Å². The molecule has 7 nitrogen and oxygen atoms in total. The second kappa shape index (κ2) is 13.9. The number of fused-ring (bicyclic) bond motifs is 2. The molecule has 0 atom stereocenters. The van der Waals surface area contributed by atoms with Gasteiger partial charge in [0.15, 0.2) is 11.5 Å². The van der Waals surface area contributed by atoms with Crippen molar-refractivity contribution in [3.63, 3.8) is 0 Å². The van der Waals surface area contributed by atoms with Gasteiger partial charge in [0.25, 0.3) is 0 Å². The van der Waals surface area contributed by atoms with Crippen LogP contribution in [-0.4, -0.2) is 10.3 Å². The molecule has 0 fully saturated rings. The van der Waals surface area contributed by atoms with E-state index in [1.807, 2.05) is 84.9 Å². The van der Waals surface area contributed by atoms with Crippen LogP contribution in [0.2, 0.25) is 0 Å². The van der Waals surface area contributed by atoms with Crippen molar-refractivity contribution in [1.29, 1.82) is 0 Å². The van der Waals surface area contributed by atoms with Gasteiger partial charge < -0.3 is 23.3 Å². The first-order valence-electron chi connectivity index (χ1n) is 16.1. The molecule has 7 heteroatoms. The summed E-state index contributed by atoms with van der Waals surface area (Å²) in [4.78, 5) is 0. The van der Waals surface area contributed by atoms with Crippen molar-refractivity contribution in [1.82, 2.24) is 10.3 Å². The SMILES string of the molecule is c1ccc2cc(COc3ccc(-c4cc(COCc5cc(-c6ccc(OCc7ccc8ccccc8c7)cc6)no5)on4)cc3)ccc2c1. The Morgan fingerprint density at radius 1 is 0.408 bits per heavy atom. The lowest BCUT2D eigenvalue weighted by Gasteiger charge is -2.08. The Bertz CT molecular complexity index is 2160. The van der Waals surface area contributed by atoms with Crippen LogP contribution in [0.1, 0.15) is 22.6 Å². The molecule has 8 rings (SSSR count). The highest BCUT2D eigenvalue weighted by Gasteiger charge is 2.11. The van der Waals surface area contributed by atoms with Crippen molar-refractivity contribution in [2.24, 2.45) is 0 Å². The zero-order valence-electron chi connectivity index (χ0n) is 26.6. The molecule has 0 saturated heterocycles. The molecule has 0 saturated carbocycles. The molecule has 2 heterocycles. The van der Waals surface area contributed by atoms with Gasteiger partial charge in [-0.25, -0.2) is 0 Å². The number of nitrogens with zero attached hydrogens (tertiary/aromatic N) is 2. The van der Waals surface area contributed by atoms with E-state index in [4.69, 9.17) is 23.3 Å². The Labute approximate surface area is 283 Å². The molecule has 49 heavy (non-hydrogen) atoms. The van der Waals surface area contributed by atoms with E-state index < -0.39 is 0 Å². The average molecular weight is 645 g/mol. The highest BCUT2D eigenvalue weighted by atomic mass is 16.5. The minimum absolute atomic E-state index is 0.249. The van der Waals surface area contributed by atoms with Crippen LogP contribution in [0.15, 0.2) is 155 Å². The standard InChI is InChI=1S/C42H32N2O5/c1-3-7-35-21-29(9-11-31(35)5-1)25-46-37-17-13-33(14-18-37)41-23-39(48-43-41)27-45-28-40-24-42(44-49-40)34-15-19-38(20-16-34)47-26-30-10-12-32-6-2-4-8-36(32)22-30/h1-24H,25-28H2. The first-order valence-corrected chi connectivity index (χ1v) is 16.1. The van der Waals surface area contributed by atoms with Crippen molar-refractivity contribution in [3.05, 3.63) is 168 Å². The molecule has 0 aliphatic heterocycles. The predicted molar refractivity (Wildman–Crippen MR) is 189 cm³/mol. The summed E-state index contributed by atoms with van der Waals surface area (Å²) in [6, 6.07) is 48.8. The van der Waals surface area contributed by atoms with Crippen LogP contribution in [0.3, 0.4) is 0 Å². The second-order valence-corrected chi connectivity index (χ2v) is 11.8. The summed E-state index contributed by atoms with van der Waals surface area (Å²) >= 11 is 0. The Morgan fingerprint density at radius 3 is 1.29 bits per heavy atom. The maximum Gasteiger partial charge on any atom is 0.163 e. The second-order valence-electron chi connectivity index (χ2n) is 11.8. The van der Waals surface area contributed by atoms with Crippen molar-refractivity contribution >= 4 is 21.5 Å². The summed E-state index contributed by atoms with van der Waals surface area (Å²) in [5.74, 6) is 2.81. The van der Waals surface area contributed by atoms with Crippen molar-refractivity contribution < 1.29 is 23.3 Å². The highest BCUT2D eigenvalue weighted by Crippen LogP contribution is 2.26. The quantitative estimate of drug-likeness (QED) is 0.131. The van der Waals surface area contributed by atoms with Crippen molar-refractivity contribution in [2.45, 2.75) is 26.4 Å². The zero-order valence-corrected chi connectivity index (χ0v) is 26.6. The van der Waals surface area contributed by atoms with Gasteiger partial charge in [0.1, 0.15) is 49.3 Å². The average Bonchev–Trinajstić information content (AvgIpc) is 3.84. The molecule has 0 amide bonds. The third-order valence-corrected chi connectivity index (χ3v) is 8.35. The molecule has 0 radical (unpaired) electrons. The van der Waals surface area contributed by atoms with E-state index in [-0.39, 0.29) is 13.2 Å². The van der Waals surface area contributed by atoms with Gasteiger partial charge in [0.2, 0.25) is 0 Å². The summed E-state index contributed by atoms with van der Waals surface area (Å²) < 4.78 is 28.9. The van der Waals surface area contributed by atoms with E-state index in [0.29, 0.717) is 24.7 Å². The fourth-order valence-electron chi connectivity index (χ4n) is 5.72. The van der Waals surface area contributed by atoms with Gasteiger partial charge in [-0.1, -0.05) is 83.1 Å². The summed E-state index contributed by atoms with van der Waals surface area (Å²) in [5, 5.41) is 13.3. The molecule has 8 aromatic rings. The molecule has 0 aliphatic rings. The van der Waals surface area contributed by atoms with Gasteiger partial charge in [-0.2, -0.15) is 0 Å². The lowest BCUT2D eigenvalue weighted by atomic mass is 10.1. The molecular formula is C42H32N2O5. The molecule has 6 aromatic carbocycles. The zero-order chi connectivity index (χ0) is 32.8. The number of rotatable bonds is 12. The maximum absolute atomic E-state index is 6.02. The van der Waals surface area contributed by atoms with Crippen LogP contribution in [0.25, 0.3) is 44.1 Å². The van der Waals surface area contributed by atoms with Crippen LogP contribution in [-0.2, 0) is 31.2 Å². The van der Waals surface area contributed by atoms with Crippen LogP contribution in [0.4, 0.5) is 0 Å². The van der Waals surface area contributed by atoms with E-state index in [1.165, 1.54) is 21.5 Å². The number of ether oxygens (including phenoxy) is 3. The maximum atomic E-state index is 6.02. The summed E-state index contributed by atoms with van der Waals surface area (Å²) in [7, 11) is 0. The molecular weight excluding hydrogens is 612 g/mol. The summed E-state index contributed by atoms with van der Waals surface area (Å²) in [6.07, 6.45) is 0. The highest BCUT2D eigenvalue weighted by molar-refractivity contribution is 5.83. The molecule has 0 N–H and O–H groups in total. The molecule has 0 aliphatic carbocycles. The van der Waals surface area contributed by atoms with E-state index >= 15 is 0 Å². The van der Waals surface area contributed by atoms with Gasteiger partial charge in [-0.15, -0.1) is 0 Å². The Balaban J connectivity index is 0.800. The van der Waals surface area contributed by atoms with Gasteiger partial charge in [0.05, 0.1) is 0 Å². The smallest absolute Gasteiger partial charge is 0.163 e. The van der Waals surface area contributed by atoms with E-state index in [1.54, 1.807) is 0 Å². The Hall–Kier alpha value is -6.18. The normalized spacial score (nSPS) is 11.3. The summed E-state index contributed by atoms with van der Waals surface area (Å²) in [5.41, 5.74) is 5.56. The molecule has 2 aromatic heterocycles. The number of benzene rings is 6. The Morgan fingerprint density at radius 2 is 0.837 bits per heavy atom. The van der Waals surface area contributed by atoms with Crippen LogP contribution >= 0.6 is 0 Å². The molecule has 240 valence electrons. The fourth-order valence-corrected chi connectivity index (χ4v) is 5.72. The van der Waals surface area contributed by atoms with E-state index in [9.17, 15) is 0 Å². The minimum atomic E-state index is 0.249. The first kappa shape index (κ1) is 30.2. The van der Waals surface area contributed by atoms with Crippen molar-refractivity contribution in [3.8, 4) is 34.0 Å². The molecule has 0 bridgehead atoms. The number of aromatic nitrogens is 2. The van der Waals surface area contributed by atoms with Gasteiger partial charge >= 0.3 is 0 Å². The van der Waals surface area contributed by atoms with Gasteiger partial charge in [-0.3, -0.25) is 0 Å². The first-order chi connectivity index (χ1) is 24.2. The van der Waals surface area contributed by atoms with Gasteiger partial charge in [0, 0.05) is 23.3 Å². The van der Waals surface area contributed by atoms with Crippen LogP contribution in [0.5, 0.6) is 11.5 Å². The van der Waals surface area contributed by atoms with Gasteiger partial charge in [-0.05, 0) is 93.3 Å². The summed E-state index contributed by atoms with van der Waals surface area (Å²) in [6.45, 7) is 1.49. The largest absolute Gasteiger partial charge is 0.489 e. The van der Waals surface area contributed by atoms with E-state index in [0.717, 1.165) is 45.1 Å². The monoisotopic (exact) mass is 644 g/mol. The minimum Gasteiger partial charge on any atom is -0.489 e. The predicted octanol–water partition coefficient (Wildman–Crippen LogP) is 10.2. The third-order valence-electron chi connectivity index (χ3n) is 8.35. The lowest BCUT2D eigenvalue weighted by Crippen LogP contribution is -1.95. The third kappa shape index (κ3) is 7.22. The van der Waals surface area contributed by atoms with Crippen molar-refractivity contribution in [2.75, 3.05) is 0 Å². The van der Waals surface area contributed by atoms with E-state index in [2.05, 4.69) is 71.0 Å². The molecule has 0 spiro atoms. The Kier molecular flexibility index (Phi) is 8.56. The molecule has 0 unspecified atom stereocenters. The lowest BCUT2D eigenvalue weighted by molar-refractivity contribution is 0.0727. The fraction of sp³-hybridized carbons (Fsp3) is 0.0952.